The first-order valence-electron chi connectivity index (χ1n) is 10.3. The lowest BCUT2D eigenvalue weighted by molar-refractivity contribution is -0.115. The van der Waals surface area contributed by atoms with Gasteiger partial charge in [-0.05, 0) is 79.7 Å². The molecule has 3 aromatic rings. The standard InChI is InChI=1S/C24H25N3O5S2/c1-16(33-22-12-6-18(7-13-22)25-17(2)28)24(29)26-19-8-14-23(15-9-19)34(30,31)27-20-4-10-21(32-3)11-5-20/h4-16,27H,1-3H3,(H,25,28)(H,26,29)/t16-/m1/s1. The summed E-state index contributed by atoms with van der Waals surface area (Å²) < 4.78 is 32.8. The molecular weight excluding hydrogens is 474 g/mol. The fourth-order valence-electron chi connectivity index (χ4n) is 2.91. The number of hydrogen-bond donors (Lipinski definition) is 3. The summed E-state index contributed by atoms with van der Waals surface area (Å²) in [4.78, 5) is 24.6. The van der Waals surface area contributed by atoms with E-state index < -0.39 is 15.3 Å². The number of nitrogens with one attached hydrogen (secondary N) is 3. The first kappa shape index (κ1) is 25.1. The number of methoxy groups -OCH3 is 1. The summed E-state index contributed by atoms with van der Waals surface area (Å²) in [5, 5.41) is 5.09. The molecule has 0 saturated heterocycles. The van der Waals surface area contributed by atoms with Gasteiger partial charge >= 0.3 is 0 Å². The second kappa shape index (κ2) is 11.1. The van der Waals surface area contributed by atoms with E-state index in [-0.39, 0.29) is 16.7 Å². The van der Waals surface area contributed by atoms with Gasteiger partial charge in [-0.15, -0.1) is 11.8 Å². The zero-order valence-electron chi connectivity index (χ0n) is 18.9. The van der Waals surface area contributed by atoms with Crippen LogP contribution in [0.15, 0.2) is 82.6 Å². The molecule has 3 rings (SSSR count). The second-order valence-electron chi connectivity index (χ2n) is 7.31. The molecule has 8 nitrogen and oxygen atoms in total. The molecule has 178 valence electrons. The lowest BCUT2D eigenvalue weighted by atomic mass is 10.3. The van der Waals surface area contributed by atoms with Gasteiger partial charge in [-0.25, -0.2) is 8.42 Å². The highest BCUT2D eigenvalue weighted by atomic mass is 32.2. The Labute approximate surface area is 203 Å². The van der Waals surface area contributed by atoms with Crippen molar-refractivity contribution in [3.63, 3.8) is 0 Å². The van der Waals surface area contributed by atoms with Crippen LogP contribution in [0.4, 0.5) is 17.1 Å². The predicted octanol–water partition coefficient (Wildman–Crippen LogP) is 4.57. The number of ether oxygens (including phenoxy) is 1. The van der Waals surface area contributed by atoms with E-state index in [1.165, 1.54) is 37.9 Å². The van der Waals surface area contributed by atoms with Crippen molar-refractivity contribution in [3.8, 4) is 5.75 Å². The van der Waals surface area contributed by atoms with E-state index in [9.17, 15) is 18.0 Å². The zero-order valence-corrected chi connectivity index (χ0v) is 20.5. The number of anilines is 3. The van der Waals surface area contributed by atoms with Crippen LogP contribution in [0.25, 0.3) is 0 Å². The Hall–Kier alpha value is -3.50. The molecule has 0 saturated carbocycles. The number of rotatable bonds is 9. The molecule has 0 heterocycles. The van der Waals surface area contributed by atoms with E-state index in [4.69, 9.17) is 4.74 Å². The molecular formula is C24H25N3O5S2. The molecule has 0 aliphatic rings. The summed E-state index contributed by atoms with van der Waals surface area (Å²) in [6.45, 7) is 3.22. The van der Waals surface area contributed by atoms with E-state index in [2.05, 4.69) is 15.4 Å². The van der Waals surface area contributed by atoms with E-state index in [0.717, 1.165) is 4.90 Å². The average molecular weight is 500 g/mol. The first-order chi connectivity index (χ1) is 16.2. The molecule has 10 heteroatoms. The van der Waals surface area contributed by atoms with Crippen LogP contribution in [0.5, 0.6) is 5.75 Å². The first-order valence-corrected chi connectivity index (χ1v) is 12.6. The van der Waals surface area contributed by atoms with Crippen LogP contribution >= 0.6 is 11.8 Å². The number of amides is 2. The monoisotopic (exact) mass is 499 g/mol. The van der Waals surface area contributed by atoms with Crippen molar-refractivity contribution in [2.24, 2.45) is 0 Å². The Kier molecular flexibility index (Phi) is 8.19. The molecule has 1 atom stereocenters. The molecule has 0 spiro atoms. The van der Waals surface area contributed by atoms with Gasteiger partial charge in [0.1, 0.15) is 5.75 Å². The molecule has 34 heavy (non-hydrogen) atoms. The van der Waals surface area contributed by atoms with Crippen molar-refractivity contribution >= 4 is 50.7 Å². The fraction of sp³-hybridized carbons (Fsp3) is 0.167. The number of sulfonamides is 1. The van der Waals surface area contributed by atoms with Gasteiger partial charge in [0, 0.05) is 28.9 Å². The molecule has 0 aliphatic carbocycles. The minimum atomic E-state index is -3.78. The number of thioether (sulfide) groups is 1. The molecule has 3 N–H and O–H groups in total. The lowest BCUT2D eigenvalue weighted by Gasteiger charge is -2.13. The normalized spacial score (nSPS) is 11.9. The van der Waals surface area contributed by atoms with Crippen molar-refractivity contribution in [2.75, 3.05) is 22.5 Å². The highest BCUT2D eigenvalue weighted by Gasteiger charge is 2.17. The highest BCUT2D eigenvalue weighted by Crippen LogP contribution is 2.26. The van der Waals surface area contributed by atoms with Crippen molar-refractivity contribution < 1.29 is 22.7 Å². The third-order valence-corrected chi connectivity index (χ3v) is 7.14. The molecule has 0 aliphatic heterocycles. The van der Waals surface area contributed by atoms with Gasteiger partial charge in [0.05, 0.1) is 17.3 Å². The van der Waals surface area contributed by atoms with Crippen LogP contribution in [-0.4, -0.2) is 32.6 Å². The number of carbonyl (C=O) groups excluding carboxylic acids is 2. The quantitative estimate of drug-likeness (QED) is 0.372. The highest BCUT2D eigenvalue weighted by molar-refractivity contribution is 8.00. The molecule has 2 amide bonds. The Morgan fingerprint density at radius 1 is 0.824 bits per heavy atom. The molecule has 0 fully saturated rings. The van der Waals surface area contributed by atoms with Crippen LogP contribution in [0.1, 0.15) is 13.8 Å². The molecule has 3 aromatic carbocycles. The number of hydrogen-bond acceptors (Lipinski definition) is 6. The SMILES string of the molecule is COc1ccc(NS(=O)(=O)c2ccc(NC(=O)[C@@H](C)Sc3ccc(NC(C)=O)cc3)cc2)cc1. The zero-order chi connectivity index (χ0) is 24.7. The van der Waals surface area contributed by atoms with Crippen LogP contribution in [0.3, 0.4) is 0 Å². The van der Waals surface area contributed by atoms with Crippen LogP contribution in [0.2, 0.25) is 0 Å². The lowest BCUT2D eigenvalue weighted by Crippen LogP contribution is -2.22. The summed E-state index contributed by atoms with van der Waals surface area (Å²) in [6.07, 6.45) is 0. The average Bonchev–Trinajstić information content (AvgIpc) is 2.80. The molecule has 0 unspecified atom stereocenters. The van der Waals surface area contributed by atoms with E-state index in [1.807, 2.05) is 12.1 Å². The Bertz CT molecular complexity index is 1240. The van der Waals surface area contributed by atoms with Gasteiger partial charge in [0.25, 0.3) is 10.0 Å². The third kappa shape index (κ3) is 7.00. The predicted molar refractivity (Wildman–Crippen MR) is 135 cm³/mol. The van der Waals surface area contributed by atoms with Crippen molar-refractivity contribution in [3.05, 3.63) is 72.8 Å². The maximum atomic E-state index is 12.6. The van der Waals surface area contributed by atoms with Gasteiger partial charge in [0.15, 0.2) is 0 Å². The second-order valence-corrected chi connectivity index (χ2v) is 10.4. The minimum Gasteiger partial charge on any atom is -0.497 e. The smallest absolute Gasteiger partial charge is 0.261 e. The maximum Gasteiger partial charge on any atom is 0.261 e. The summed E-state index contributed by atoms with van der Waals surface area (Å²) in [6, 6.07) is 19.7. The summed E-state index contributed by atoms with van der Waals surface area (Å²) in [5.74, 6) is 0.254. The maximum absolute atomic E-state index is 12.6. The van der Waals surface area contributed by atoms with Crippen LogP contribution < -0.4 is 20.1 Å². The number of carbonyl (C=O) groups is 2. The van der Waals surface area contributed by atoms with Crippen molar-refractivity contribution in [2.45, 2.75) is 28.9 Å². The topological polar surface area (TPSA) is 114 Å². The van der Waals surface area contributed by atoms with Gasteiger partial charge in [0.2, 0.25) is 11.8 Å². The van der Waals surface area contributed by atoms with Gasteiger partial charge in [-0.3, -0.25) is 14.3 Å². The minimum absolute atomic E-state index is 0.0722. The van der Waals surface area contributed by atoms with E-state index >= 15 is 0 Å². The summed E-state index contributed by atoms with van der Waals surface area (Å²) in [7, 11) is -2.25. The van der Waals surface area contributed by atoms with Crippen LogP contribution in [-0.2, 0) is 19.6 Å². The van der Waals surface area contributed by atoms with Gasteiger partial charge in [-0.2, -0.15) is 0 Å². The third-order valence-electron chi connectivity index (χ3n) is 4.63. The van der Waals surface area contributed by atoms with Crippen LogP contribution in [0, 0.1) is 0 Å². The van der Waals surface area contributed by atoms with Crippen molar-refractivity contribution in [1.29, 1.82) is 0 Å². The van der Waals surface area contributed by atoms with Crippen molar-refractivity contribution in [1.82, 2.24) is 0 Å². The molecule has 0 aromatic heterocycles. The van der Waals surface area contributed by atoms with Gasteiger partial charge in [-0.1, -0.05) is 0 Å². The molecule has 0 bridgehead atoms. The van der Waals surface area contributed by atoms with Gasteiger partial charge < -0.3 is 15.4 Å². The molecule has 0 radical (unpaired) electrons. The number of benzene rings is 3. The Morgan fingerprint density at radius 2 is 1.35 bits per heavy atom. The fourth-order valence-corrected chi connectivity index (χ4v) is 4.84. The summed E-state index contributed by atoms with van der Waals surface area (Å²) in [5.41, 5.74) is 1.58. The van der Waals surface area contributed by atoms with E-state index in [1.54, 1.807) is 55.5 Å². The Balaban J connectivity index is 1.58. The summed E-state index contributed by atoms with van der Waals surface area (Å²) >= 11 is 1.37. The largest absolute Gasteiger partial charge is 0.497 e. The van der Waals surface area contributed by atoms with E-state index in [0.29, 0.717) is 22.8 Å². The Morgan fingerprint density at radius 3 is 1.91 bits per heavy atom.